The van der Waals surface area contributed by atoms with Gasteiger partial charge in [-0.05, 0) is 32.0 Å². The zero-order valence-corrected chi connectivity index (χ0v) is 13.0. The van der Waals surface area contributed by atoms with Crippen molar-refractivity contribution in [1.29, 1.82) is 0 Å². The Balaban J connectivity index is 1.66. The second kappa shape index (κ2) is 5.93. The minimum Gasteiger partial charge on any atom is -0.481 e. The van der Waals surface area contributed by atoms with Gasteiger partial charge in [0.2, 0.25) is 0 Å². The average Bonchev–Trinajstić information content (AvgIpc) is 2.95. The van der Waals surface area contributed by atoms with Gasteiger partial charge in [0.25, 0.3) is 0 Å². The summed E-state index contributed by atoms with van der Waals surface area (Å²) in [6.45, 7) is 4.13. The van der Waals surface area contributed by atoms with E-state index >= 15 is 0 Å². The smallest absolute Gasteiger partial charge is 0.180 e. The Kier molecular flexibility index (Phi) is 4.01. The van der Waals surface area contributed by atoms with Gasteiger partial charge in [-0.1, -0.05) is 12.1 Å². The molecule has 0 N–H and O–H groups in total. The van der Waals surface area contributed by atoms with Gasteiger partial charge in [-0.15, -0.1) is 11.8 Å². The van der Waals surface area contributed by atoms with Crippen LogP contribution in [0.2, 0.25) is 0 Å². The fraction of sp³-hybridized carbons (Fsp3) is 0.375. The normalized spacial score (nSPS) is 17.4. The summed E-state index contributed by atoms with van der Waals surface area (Å²) in [6, 6.07) is 10.1. The van der Waals surface area contributed by atoms with Gasteiger partial charge in [0.05, 0.1) is 12.1 Å². The molecule has 0 aliphatic carbocycles. The lowest BCUT2D eigenvalue weighted by molar-refractivity contribution is -0.124. The van der Waals surface area contributed by atoms with Crippen LogP contribution in [0.1, 0.15) is 25.6 Å². The summed E-state index contributed by atoms with van der Waals surface area (Å²) in [5, 5.41) is 4.42. The molecule has 0 spiro atoms. The number of benzene rings is 1. The van der Waals surface area contributed by atoms with E-state index in [4.69, 9.17) is 4.74 Å². The molecule has 1 atom stereocenters. The molecule has 4 nitrogen and oxygen atoms in total. The van der Waals surface area contributed by atoms with E-state index in [0.717, 1.165) is 16.3 Å². The summed E-state index contributed by atoms with van der Waals surface area (Å²) < 4.78 is 7.68. The van der Waals surface area contributed by atoms with Crippen molar-refractivity contribution < 1.29 is 9.53 Å². The molecular formula is C16H18N2O2S. The number of Topliss-reactive ketones (excluding diaryl/α,β-unsaturated/α-hetero) is 1. The van der Waals surface area contributed by atoms with Crippen LogP contribution < -0.4 is 4.74 Å². The van der Waals surface area contributed by atoms with Crippen LogP contribution in [-0.2, 0) is 11.2 Å². The van der Waals surface area contributed by atoms with Crippen molar-refractivity contribution in [1.82, 2.24) is 9.78 Å². The first kappa shape index (κ1) is 14.2. The number of carbonyl (C=O) groups is 1. The van der Waals surface area contributed by atoms with Crippen LogP contribution in [0, 0.1) is 0 Å². The summed E-state index contributed by atoms with van der Waals surface area (Å²) in [7, 11) is 0. The Bertz CT molecular complexity index is 651. The first-order valence-corrected chi connectivity index (χ1v) is 8.07. The van der Waals surface area contributed by atoms with Gasteiger partial charge in [0, 0.05) is 22.9 Å². The molecule has 0 fully saturated rings. The van der Waals surface area contributed by atoms with Gasteiger partial charge >= 0.3 is 0 Å². The molecule has 0 bridgehead atoms. The van der Waals surface area contributed by atoms with Crippen LogP contribution in [0.4, 0.5) is 0 Å². The number of carbonyl (C=O) groups excluding carboxylic acids is 1. The number of para-hydroxylation sites is 1. The SMILES string of the molecule is CC(C)n1ccc(CC(=O)C2CSc3ccccc3O2)n1. The van der Waals surface area contributed by atoms with Crippen LogP contribution >= 0.6 is 11.8 Å². The predicted molar refractivity (Wildman–Crippen MR) is 82.9 cm³/mol. The highest BCUT2D eigenvalue weighted by molar-refractivity contribution is 7.99. The molecule has 2 heterocycles. The van der Waals surface area contributed by atoms with Crippen LogP contribution in [0.25, 0.3) is 0 Å². The Hall–Kier alpha value is -1.75. The van der Waals surface area contributed by atoms with Crippen molar-refractivity contribution in [2.75, 3.05) is 5.75 Å². The molecule has 1 aromatic heterocycles. The van der Waals surface area contributed by atoms with Crippen molar-refractivity contribution in [2.24, 2.45) is 0 Å². The second-order valence-corrected chi connectivity index (χ2v) is 6.45. The van der Waals surface area contributed by atoms with E-state index in [-0.39, 0.29) is 11.9 Å². The largest absolute Gasteiger partial charge is 0.481 e. The van der Waals surface area contributed by atoms with Crippen molar-refractivity contribution in [2.45, 2.75) is 37.3 Å². The van der Waals surface area contributed by atoms with E-state index in [1.54, 1.807) is 11.8 Å². The van der Waals surface area contributed by atoms with E-state index in [2.05, 4.69) is 18.9 Å². The molecule has 0 saturated heterocycles. The van der Waals surface area contributed by atoms with E-state index < -0.39 is 0 Å². The molecule has 110 valence electrons. The van der Waals surface area contributed by atoms with Crippen molar-refractivity contribution >= 4 is 17.5 Å². The zero-order chi connectivity index (χ0) is 14.8. The summed E-state index contributed by atoms with van der Waals surface area (Å²) in [5.41, 5.74) is 0.807. The van der Waals surface area contributed by atoms with Crippen LogP contribution in [0.3, 0.4) is 0 Å². The molecule has 5 heteroatoms. The lowest BCUT2D eigenvalue weighted by atomic mass is 10.1. The maximum Gasteiger partial charge on any atom is 0.180 e. The summed E-state index contributed by atoms with van der Waals surface area (Å²) in [6.07, 6.45) is 1.86. The van der Waals surface area contributed by atoms with Gasteiger partial charge < -0.3 is 4.74 Å². The molecule has 2 aromatic rings. The number of rotatable bonds is 4. The number of hydrogen-bond donors (Lipinski definition) is 0. The summed E-state index contributed by atoms with van der Waals surface area (Å²) in [5.74, 6) is 1.56. The second-order valence-electron chi connectivity index (χ2n) is 5.39. The molecule has 1 aromatic carbocycles. The first-order valence-electron chi connectivity index (χ1n) is 7.08. The maximum atomic E-state index is 12.4. The highest BCUT2D eigenvalue weighted by atomic mass is 32.2. The Morgan fingerprint density at radius 3 is 3.00 bits per heavy atom. The van der Waals surface area contributed by atoms with E-state index in [1.807, 2.05) is 41.2 Å². The molecule has 1 unspecified atom stereocenters. The summed E-state index contributed by atoms with van der Waals surface area (Å²) in [4.78, 5) is 13.5. The Labute approximate surface area is 128 Å². The highest BCUT2D eigenvalue weighted by Gasteiger charge is 2.26. The number of ether oxygens (including phenoxy) is 1. The van der Waals surface area contributed by atoms with Crippen LogP contribution in [-0.4, -0.2) is 27.4 Å². The minimum atomic E-state index is -0.380. The third kappa shape index (κ3) is 3.13. The predicted octanol–water partition coefficient (Wildman–Crippen LogP) is 3.13. The third-order valence-corrected chi connectivity index (χ3v) is 4.53. The molecule has 1 aliphatic heterocycles. The molecular weight excluding hydrogens is 284 g/mol. The van der Waals surface area contributed by atoms with Crippen molar-refractivity contribution in [3.63, 3.8) is 0 Å². The number of ketones is 1. The standard InChI is InChI=1S/C16H18N2O2S/c1-11(2)18-8-7-12(17-18)9-13(19)15-10-21-16-6-4-3-5-14(16)20-15/h3-8,11,15H,9-10H2,1-2H3. The van der Waals surface area contributed by atoms with Gasteiger partial charge in [-0.2, -0.15) is 5.10 Å². The van der Waals surface area contributed by atoms with Crippen LogP contribution in [0.15, 0.2) is 41.4 Å². The fourth-order valence-electron chi connectivity index (χ4n) is 2.23. The van der Waals surface area contributed by atoms with Crippen molar-refractivity contribution in [3.05, 3.63) is 42.2 Å². The van der Waals surface area contributed by atoms with Gasteiger partial charge in [-0.25, -0.2) is 0 Å². The maximum absolute atomic E-state index is 12.4. The van der Waals surface area contributed by atoms with E-state index in [1.165, 1.54) is 0 Å². The van der Waals surface area contributed by atoms with E-state index in [9.17, 15) is 4.79 Å². The number of fused-ring (bicyclic) bond motifs is 1. The highest BCUT2D eigenvalue weighted by Crippen LogP contribution is 2.35. The molecule has 0 amide bonds. The fourth-order valence-corrected chi connectivity index (χ4v) is 3.25. The minimum absolute atomic E-state index is 0.0889. The molecule has 0 radical (unpaired) electrons. The lowest BCUT2D eigenvalue weighted by Gasteiger charge is -2.24. The summed E-state index contributed by atoms with van der Waals surface area (Å²) >= 11 is 1.67. The number of thioether (sulfide) groups is 1. The van der Waals surface area contributed by atoms with Crippen LogP contribution in [0.5, 0.6) is 5.75 Å². The number of aromatic nitrogens is 2. The zero-order valence-electron chi connectivity index (χ0n) is 12.2. The van der Waals surface area contributed by atoms with Crippen molar-refractivity contribution in [3.8, 4) is 5.75 Å². The monoisotopic (exact) mass is 302 g/mol. The molecule has 21 heavy (non-hydrogen) atoms. The molecule has 1 aliphatic rings. The number of nitrogens with zero attached hydrogens (tertiary/aromatic N) is 2. The average molecular weight is 302 g/mol. The van der Waals surface area contributed by atoms with Gasteiger partial charge in [-0.3, -0.25) is 9.48 Å². The Morgan fingerprint density at radius 2 is 2.24 bits per heavy atom. The third-order valence-electron chi connectivity index (χ3n) is 3.42. The van der Waals surface area contributed by atoms with E-state index in [0.29, 0.717) is 18.2 Å². The Morgan fingerprint density at radius 1 is 1.43 bits per heavy atom. The van der Waals surface area contributed by atoms with Gasteiger partial charge in [0.1, 0.15) is 5.75 Å². The first-order chi connectivity index (χ1) is 10.1. The molecule has 3 rings (SSSR count). The lowest BCUT2D eigenvalue weighted by Crippen LogP contribution is -2.33. The topological polar surface area (TPSA) is 44.1 Å². The number of hydrogen-bond acceptors (Lipinski definition) is 4. The molecule has 0 saturated carbocycles. The van der Waals surface area contributed by atoms with Gasteiger partial charge in [0.15, 0.2) is 11.9 Å². The quantitative estimate of drug-likeness (QED) is 0.870.